The minimum absolute atomic E-state index is 0.170. The highest BCUT2D eigenvalue weighted by molar-refractivity contribution is 5.59. The number of hydrogen-bond donors (Lipinski definition) is 0. The molecule has 0 N–H and O–H groups in total. The molecule has 0 radical (unpaired) electrons. The molecule has 4 heterocycles. The van der Waals surface area contributed by atoms with E-state index in [0.29, 0.717) is 29.1 Å². The summed E-state index contributed by atoms with van der Waals surface area (Å²) in [5.74, 6) is 0.849. The van der Waals surface area contributed by atoms with Crippen LogP contribution in [0.5, 0.6) is 5.88 Å². The third-order valence-electron chi connectivity index (χ3n) is 5.39. The summed E-state index contributed by atoms with van der Waals surface area (Å²) in [6.07, 6.45) is 2.55. The zero-order chi connectivity index (χ0) is 16.7. The van der Waals surface area contributed by atoms with Crippen LogP contribution in [0.3, 0.4) is 0 Å². The SMILES string of the molecule is Cc1ccc(-c2ccc(OC3C4CCN(CC4)C3C)nn2)c(F)c1. The van der Waals surface area contributed by atoms with Crippen molar-refractivity contribution in [1.82, 2.24) is 15.1 Å². The molecular formula is C19H22FN3O. The first-order chi connectivity index (χ1) is 11.6. The highest BCUT2D eigenvalue weighted by Gasteiger charge is 2.41. The highest BCUT2D eigenvalue weighted by Crippen LogP contribution is 2.34. The monoisotopic (exact) mass is 327 g/mol. The van der Waals surface area contributed by atoms with Crippen LogP contribution in [0.1, 0.15) is 25.3 Å². The summed E-state index contributed by atoms with van der Waals surface area (Å²) in [6, 6.07) is 9.11. The van der Waals surface area contributed by atoms with Crippen LogP contribution in [0.4, 0.5) is 4.39 Å². The van der Waals surface area contributed by atoms with Crippen LogP contribution in [0.2, 0.25) is 0 Å². The summed E-state index contributed by atoms with van der Waals surface area (Å²) in [4.78, 5) is 2.48. The molecule has 0 amide bonds. The molecule has 1 aromatic carbocycles. The number of aryl methyl sites for hydroxylation is 1. The zero-order valence-corrected chi connectivity index (χ0v) is 14.1. The number of hydrogen-bond acceptors (Lipinski definition) is 4. The number of aromatic nitrogens is 2. The maximum atomic E-state index is 14.1. The Balaban J connectivity index is 1.52. The van der Waals surface area contributed by atoms with Crippen molar-refractivity contribution in [2.45, 2.75) is 38.8 Å². The van der Waals surface area contributed by atoms with E-state index in [2.05, 4.69) is 22.0 Å². The average Bonchev–Trinajstić information content (AvgIpc) is 2.59. The molecule has 0 spiro atoms. The minimum Gasteiger partial charge on any atom is -0.471 e. The molecule has 3 saturated heterocycles. The number of benzene rings is 1. The third kappa shape index (κ3) is 2.77. The molecule has 2 atom stereocenters. The summed E-state index contributed by atoms with van der Waals surface area (Å²) in [5, 5.41) is 8.34. The summed E-state index contributed by atoms with van der Waals surface area (Å²) in [5.41, 5.74) is 1.89. The van der Waals surface area contributed by atoms with Gasteiger partial charge in [-0.2, -0.15) is 0 Å². The summed E-state index contributed by atoms with van der Waals surface area (Å²) in [6.45, 7) is 6.43. The number of ether oxygens (including phenoxy) is 1. The molecule has 0 saturated carbocycles. The van der Waals surface area contributed by atoms with Crippen LogP contribution in [0.15, 0.2) is 30.3 Å². The fourth-order valence-electron chi connectivity index (χ4n) is 3.95. The number of piperidine rings is 3. The number of nitrogens with zero attached hydrogens (tertiary/aromatic N) is 3. The van der Waals surface area contributed by atoms with E-state index in [0.717, 1.165) is 5.56 Å². The lowest BCUT2D eigenvalue weighted by Crippen LogP contribution is -2.58. The first-order valence-electron chi connectivity index (χ1n) is 8.63. The summed E-state index contributed by atoms with van der Waals surface area (Å²) >= 11 is 0. The number of rotatable bonds is 3. The van der Waals surface area contributed by atoms with Gasteiger partial charge in [-0.15, -0.1) is 10.2 Å². The van der Waals surface area contributed by atoms with Gasteiger partial charge in [0.15, 0.2) is 0 Å². The van der Waals surface area contributed by atoms with E-state index in [1.807, 2.05) is 13.0 Å². The lowest BCUT2D eigenvalue weighted by Gasteiger charge is -2.48. The molecule has 2 aromatic rings. The smallest absolute Gasteiger partial charge is 0.233 e. The second-order valence-corrected chi connectivity index (χ2v) is 6.94. The van der Waals surface area contributed by atoms with Crippen molar-refractivity contribution in [3.05, 3.63) is 41.7 Å². The topological polar surface area (TPSA) is 38.2 Å². The standard InChI is InChI=1S/C19H22FN3O/c1-12-3-4-15(16(20)11-12)17-5-6-18(22-21-17)24-19-13(2)23-9-7-14(19)8-10-23/h3-6,11,13-14,19H,7-10H2,1-2H3. The number of fused-ring (bicyclic) bond motifs is 3. The van der Waals surface area contributed by atoms with Gasteiger partial charge in [0.25, 0.3) is 0 Å². The Morgan fingerprint density at radius 3 is 2.54 bits per heavy atom. The average molecular weight is 327 g/mol. The summed E-state index contributed by atoms with van der Waals surface area (Å²) in [7, 11) is 0. The van der Waals surface area contributed by atoms with Crippen molar-refractivity contribution in [2.24, 2.45) is 5.92 Å². The molecule has 4 nitrogen and oxygen atoms in total. The Labute approximate surface area is 141 Å². The van der Waals surface area contributed by atoms with Crippen molar-refractivity contribution >= 4 is 0 Å². The second kappa shape index (κ2) is 6.13. The Morgan fingerprint density at radius 1 is 1.12 bits per heavy atom. The molecule has 2 unspecified atom stereocenters. The highest BCUT2D eigenvalue weighted by atomic mass is 19.1. The largest absolute Gasteiger partial charge is 0.471 e. The summed E-state index contributed by atoms with van der Waals surface area (Å²) < 4.78 is 20.2. The fraction of sp³-hybridized carbons (Fsp3) is 0.474. The maximum Gasteiger partial charge on any atom is 0.233 e. The molecule has 5 rings (SSSR count). The van der Waals surface area contributed by atoms with Crippen molar-refractivity contribution in [3.63, 3.8) is 0 Å². The molecule has 3 fully saturated rings. The van der Waals surface area contributed by atoms with E-state index >= 15 is 0 Å². The molecule has 5 heteroatoms. The van der Waals surface area contributed by atoms with Gasteiger partial charge in [-0.1, -0.05) is 6.07 Å². The van der Waals surface area contributed by atoms with Crippen LogP contribution in [-0.4, -0.2) is 40.3 Å². The normalized spacial score (nSPS) is 28.8. The van der Waals surface area contributed by atoms with Gasteiger partial charge in [0.05, 0.1) is 5.69 Å². The lowest BCUT2D eigenvalue weighted by atomic mass is 9.81. The zero-order valence-electron chi connectivity index (χ0n) is 14.1. The van der Waals surface area contributed by atoms with Gasteiger partial charge >= 0.3 is 0 Å². The molecule has 24 heavy (non-hydrogen) atoms. The van der Waals surface area contributed by atoms with E-state index in [1.165, 1.54) is 32.0 Å². The Kier molecular flexibility index (Phi) is 3.96. The van der Waals surface area contributed by atoms with Gasteiger partial charge in [0.2, 0.25) is 5.88 Å². The van der Waals surface area contributed by atoms with E-state index in [-0.39, 0.29) is 11.9 Å². The van der Waals surface area contributed by atoms with Gasteiger partial charge < -0.3 is 4.74 Å². The third-order valence-corrected chi connectivity index (χ3v) is 5.39. The van der Waals surface area contributed by atoms with Gasteiger partial charge in [0.1, 0.15) is 11.9 Å². The quantitative estimate of drug-likeness (QED) is 0.865. The maximum absolute atomic E-state index is 14.1. The van der Waals surface area contributed by atoms with E-state index in [4.69, 9.17) is 4.74 Å². The fourth-order valence-corrected chi connectivity index (χ4v) is 3.95. The molecule has 3 aliphatic heterocycles. The number of halogens is 1. The van der Waals surface area contributed by atoms with Crippen LogP contribution >= 0.6 is 0 Å². The molecule has 1 aromatic heterocycles. The Hall–Kier alpha value is -2.01. The van der Waals surface area contributed by atoms with Crippen LogP contribution < -0.4 is 4.74 Å². The first kappa shape index (κ1) is 15.5. The molecular weight excluding hydrogens is 305 g/mol. The molecule has 2 bridgehead atoms. The predicted octanol–water partition coefficient (Wildman–Crippen LogP) is 3.45. The molecule has 3 aliphatic rings. The molecule has 126 valence electrons. The van der Waals surface area contributed by atoms with Gasteiger partial charge in [-0.3, -0.25) is 4.90 Å². The van der Waals surface area contributed by atoms with E-state index < -0.39 is 0 Å². The Bertz CT molecular complexity index is 724. The van der Waals surface area contributed by atoms with E-state index in [9.17, 15) is 4.39 Å². The van der Waals surface area contributed by atoms with Crippen molar-refractivity contribution in [2.75, 3.05) is 13.1 Å². The van der Waals surface area contributed by atoms with Crippen molar-refractivity contribution < 1.29 is 9.13 Å². The first-order valence-corrected chi connectivity index (χ1v) is 8.63. The lowest BCUT2D eigenvalue weighted by molar-refractivity contribution is -0.0528. The van der Waals surface area contributed by atoms with Crippen LogP contribution in [0.25, 0.3) is 11.3 Å². The molecule has 0 aliphatic carbocycles. The van der Waals surface area contributed by atoms with Crippen molar-refractivity contribution in [1.29, 1.82) is 0 Å². The predicted molar refractivity (Wildman–Crippen MR) is 90.3 cm³/mol. The van der Waals surface area contributed by atoms with Crippen molar-refractivity contribution in [3.8, 4) is 17.1 Å². The van der Waals surface area contributed by atoms with Crippen LogP contribution in [0, 0.1) is 18.7 Å². The Morgan fingerprint density at radius 2 is 1.92 bits per heavy atom. The van der Waals surface area contributed by atoms with E-state index in [1.54, 1.807) is 18.2 Å². The van der Waals surface area contributed by atoms with Gasteiger partial charge in [-0.05, 0) is 69.5 Å². The van der Waals surface area contributed by atoms with Gasteiger partial charge in [0, 0.05) is 17.7 Å². The second-order valence-electron chi connectivity index (χ2n) is 6.94. The van der Waals surface area contributed by atoms with Crippen LogP contribution in [-0.2, 0) is 0 Å². The van der Waals surface area contributed by atoms with Gasteiger partial charge in [-0.25, -0.2) is 4.39 Å². The minimum atomic E-state index is -0.274.